The first-order chi connectivity index (χ1) is 14.0. The molecule has 4 rings (SSSR count). The lowest BCUT2D eigenvalue weighted by atomic mass is 10.1. The van der Waals surface area contributed by atoms with Crippen molar-refractivity contribution in [1.29, 1.82) is 0 Å². The molecule has 29 heavy (non-hydrogen) atoms. The molecule has 0 radical (unpaired) electrons. The molecule has 1 aromatic heterocycles. The van der Waals surface area contributed by atoms with Gasteiger partial charge >= 0.3 is 11.8 Å². The molecule has 8 nitrogen and oxygen atoms in total. The number of hydrogen-bond acceptors (Lipinski definition) is 4. The second kappa shape index (κ2) is 8.06. The zero-order valence-corrected chi connectivity index (χ0v) is 16.6. The zero-order valence-electron chi connectivity index (χ0n) is 16.6. The van der Waals surface area contributed by atoms with Crippen molar-refractivity contribution in [2.45, 2.75) is 19.8 Å². The van der Waals surface area contributed by atoms with Gasteiger partial charge in [0.25, 0.3) is 5.91 Å². The molecule has 0 spiro atoms. The Morgan fingerprint density at radius 2 is 1.34 bits per heavy atom. The van der Waals surface area contributed by atoms with E-state index in [0.29, 0.717) is 44.8 Å². The van der Waals surface area contributed by atoms with E-state index in [9.17, 15) is 14.4 Å². The summed E-state index contributed by atoms with van der Waals surface area (Å²) in [7, 11) is 0. The highest BCUT2D eigenvalue weighted by molar-refractivity contribution is 6.35. The van der Waals surface area contributed by atoms with Crippen LogP contribution in [0.3, 0.4) is 0 Å². The summed E-state index contributed by atoms with van der Waals surface area (Å²) >= 11 is 0. The van der Waals surface area contributed by atoms with Gasteiger partial charge in [0.2, 0.25) is 0 Å². The minimum absolute atomic E-state index is 0.0637. The first kappa shape index (κ1) is 19.2. The van der Waals surface area contributed by atoms with Crippen molar-refractivity contribution in [3.05, 3.63) is 47.8 Å². The van der Waals surface area contributed by atoms with Crippen LogP contribution in [0.5, 0.6) is 0 Å². The Morgan fingerprint density at radius 3 is 1.90 bits per heavy atom. The van der Waals surface area contributed by atoms with E-state index in [4.69, 9.17) is 0 Å². The van der Waals surface area contributed by atoms with Crippen LogP contribution >= 0.6 is 0 Å². The molecule has 2 aliphatic heterocycles. The van der Waals surface area contributed by atoms with Crippen molar-refractivity contribution in [3.8, 4) is 5.69 Å². The Kier molecular flexibility index (Phi) is 5.33. The number of amides is 3. The fourth-order valence-electron chi connectivity index (χ4n) is 3.80. The van der Waals surface area contributed by atoms with E-state index < -0.39 is 11.8 Å². The van der Waals surface area contributed by atoms with Gasteiger partial charge in [-0.2, -0.15) is 5.10 Å². The van der Waals surface area contributed by atoms with Crippen LogP contribution in [-0.4, -0.2) is 81.5 Å². The Morgan fingerprint density at radius 1 is 0.793 bits per heavy atom. The van der Waals surface area contributed by atoms with E-state index in [1.54, 1.807) is 37.7 Å². The predicted octanol–water partition coefficient (Wildman–Crippen LogP) is 1.09. The SMILES string of the molecule is Cc1cnn(-c2ccc(C(=O)N3CCN(C(=O)C(=O)N4CCCC4)CC3)cc2)c1. The molecule has 0 atom stereocenters. The highest BCUT2D eigenvalue weighted by Crippen LogP contribution is 2.14. The van der Waals surface area contributed by atoms with Crippen molar-refractivity contribution in [1.82, 2.24) is 24.5 Å². The molecular formula is C21H25N5O3. The van der Waals surface area contributed by atoms with Gasteiger partial charge in [-0.15, -0.1) is 0 Å². The monoisotopic (exact) mass is 395 g/mol. The summed E-state index contributed by atoms with van der Waals surface area (Å²) in [4.78, 5) is 42.4. The van der Waals surface area contributed by atoms with Crippen molar-refractivity contribution in [2.24, 2.45) is 0 Å². The van der Waals surface area contributed by atoms with Gasteiger partial charge < -0.3 is 14.7 Å². The number of carbonyl (C=O) groups excluding carboxylic acids is 3. The summed E-state index contributed by atoms with van der Waals surface area (Å²) in [6.07, 6.45) is 5.63. The van der Waals surface area contributed by atoms with Gasteiger partial charge in [0.15, 0.2) is 0 Å². The summed E-state index contributed by atoms with van der Waals surface area (Å²) in [5.41, 5.74) is 2.57. The van der Waals surface area contributed by atoms with Gasteiger partial charge in [-0.1, -0.05) is 0 Å². The lowest BCUT2D eigenvalue weighted by Crippen LogP contribution is -2.54. The standard InChI is InChI=1S/C21H25N5O3/c1-16-14-22-26(15-16)18-6-4-17(5-7-18)19(27)24-10-12-25(13-11-24)21(29)20(28)23-8-2-3-9-23/h4-7,14-15H,2-3,8-13H2,1H3. The third-order valence-corrected chi connectivity index (χ3v) is 5.52. The summed E-state index contributed by atoms with van der Waals surface area (Å²) in [6, 6.07) is 7.33. The van der Waals surface area contributed by atoms with Crippen molar-refractivity contribution in [3.63, 3.8) is 0 Å². The molecule has 0 aliphatic carbocycles. The smallest absolute Gasteiger partial charge is 0.312 e. The molecule has 8 heteroatoms. The molecule has 1 aromatic carbocycles. The van der Waals surface area contributed by atoms with Crippen LogP contribution in [0.25, 0.3) is 5.69 Å². The number of likely N-dealkylation sites (tertiary alicyclic amines) is 1. The van der Waals surface area contributed by atoms with Crippen LogP contribution in [0.4, 0.5) is 0 Å². The Labute approximate surface area is 169 Å². The van der Waals surface area contributed by atoms with E-state index in [0.717, 1.165) is 24.1 Å². The second-order valence-electron chi connectivity index (χ2n) is 7.59. The third-order valence-electron chi connectivity index (χ3n) is 5.52. The summed E-state index contributed by atoms with van der Waals surface area (Å²) < 4.78 is 1.77. The molecular weight excluding hydrogens is 370 g/mol. The molecule has 152 valence electrons. The molecule has 0 bridgehead atoms. The third kappa shape index (κ3) is 4.01. The lowest BCUT2D eigenvalue weighted by molar-refractivity contribution is -0.152. The number of nitrogens with zero attached hydrogens (tertiary/aromatic N) is 5. The Bertz CT molecular complexity index is 907. The largest absolute Gasteiger partial charge is 0.335 e. The maximum Gasteiger partial charge on any atom is 0.312 e. The van der Waals surface area contributed by atoms with Crippen LogP contribution in [0.2, 0.25) is 0 Å². The highest BCUT2D eigenvalue weighted by Gasteiger charge is 2.31. The first-order valence-electron chi connectivity index (χ1n) is 10.0. The molecule has 0 N–H and O–H groups in total. The van der Waals surface area contributed by atoms with Crippen LogP contribution in [0, 0.1) is 6.92 Å². The van der Waals surface area contributed by atoms with Crippen molar-refractivity contribution in [2.75, 3.05) is 39.3 Å². The van der Waals surface area contributed by atoms with Crippen LogP contribution in [-0.2, 0) is 9.59 Å². The number of aromatic nitrogens is 2. The fourth-order valence-corrected chi connectivity index (χ4v) is 3.80. The van der Waals surface area contributed by atoms with Gasteiger partial charge in [-0.25, -0.2) is 4.68 Å². The summed E-state index contributed by atoms with van der Waals surface area (Å²) in [5, 5.41) is 4.27. The molecule has 0 saturated carbocycles. The van der Waals surface area contributed by atoms with Gasteiger partial charge in [0, 0.05) is 51.0 Å². The van der Waals surface area contributed by atoms with E-state index in [1.807, 2.05) is 25.3 Å². The van der Waals surface area contributed by atoms with E-state index in [-0.39, 0.29) is 5.91 Å². The second-order valence-corrected chi connectivity index (χ2v) is 7.59. The van der Waals surface area contributed by atoms with Crippen molar-refractivity contribution >= 4 is 17.7 Å². The van der Waals surface area contributed by atoms with E-state index in [2.05, 4.69) is 5.10 Å². The van der Waals surface area contributed by atoms with E-state index in [1.165, 1.54) is 0 Å². The predicted molar refractivity (Wildman–Crippen MR) is 107 cm³/mol. The highest BCUT2D eigenvalue weighted by atomic mass is 16.2. The van der Waals surface area contributed by atoms with Crippen molar-refractivity contribution < 1.29 is 14.4 Å². The van der Waals surface area contributed by atoms with Gasteiger partial charge in [-0.3, -0.25) is 14.4 Å². The quantitative estimate of drug-likeness (QED) is 0.713. The molecule has 0 unspecified atom stereocenters. The number of carbonyl (C=O) groups is 3. The van der Waals surface area contributed by atoms with Gasteiger partial charge in [-0.05, 0) is 49.6 Å². The molecule has 2 saturated heterocycles. The van der Waals surface area contributed by atoms with Gasteiger partial charge in [0.05, 0.1) is 11.9 Å². The zero-order chi connectivity index (χ0) is 20.4. The van der Waals surface area contributed by atoms with Crippen LogP contribution in [0.1, 0.15) is 28.8 Å². The minimum Gasteiger partial charge on any atom is -0.335 e. The fraction of sp³-hybridized carbons (Fsp3) is 0.429. The lowest BCUT2D eigenvalue weighted by Gasteiger charge is -2.35. The number of benzene rings is 1. The molecule has 2 aliphatic rings. The molecule has 2 fully saturated rings. The van der Waals surface area contributed by atoms with Gasteiger partial charge in [0.1, 0.15) is 0 Å². The number of aryl methyl sites for hydroxylation is 1. The maximum absolute atomic E-state index is 12.8. The Balaban J connectivity index is 1.34. The summed E-state index contributed by atoms with van der Waals surface area (Å²) in [6.45, 7) is 4.93. The van der Waals surface area contributed by atoms with Crippen LogP contribution < -0.4 is 0 Å². The Hall–Kier alpha value is -3.16. The molecule has 2 aromatic rings. The number of rotatable bonds is 2. The average Bonchev–Trinajstić information content (AvgIpc) is 3.44. The minimum atomic E-state index is -0.446. The molecule has 3 heterocycles. The first-order valence-corrected chi connectivity index (χ1v) is 10.0. The topological polar surface area (TPSA) is 78.8 Å². The van der Waals surface area contributed by atoms with Crippen LogP contribution in [0.15, 0.2) is 36.7 Å². The summed E-state index contributed by atoms with van der Waals surface area (Å²) in [5.74, 6) is -0.921. The normalized spacial score (nSPS) is 16.9. The average molecular weight is 395 g/mol. The number of hydrogen-bond donors (Lipinski definition) is 0. The molecule has 3 amide bonds. The number of piperazine rings is 1. The maximum atomic E-state index is 12.8. The van der Waals surface area contributed by atoms with E-state index >= 15 is 0 Å².